The van der Waals surface area contributed by atoms with E-state index in [2.05, 4.69) is 27.7 Å². The van der Waals surface area contributed by atoms with Gasteiger partial charge in [0.1, 0.15) is 0 Å². The van der Waals surface area contributed by atoms with Gasteiger partial charge in [-0.1, -0.05) is 20.3 Å². The Morgan fingerprint density at radius 2 is 1.80 bits per heavy atom. The van der Waals surface area contributed by atoms with Crippen LogP contribution in [-0.4, -0.2) is 21.9 Å². The van der Waals surface area contributed by atoms with Crippen molar-refractivity contribution >= 4 is 0 Å². The van der Waals surface area contributed by atoms with E-state index in [0.29, 0.717) is 5.92 Å². The predicted octanol–water partition coefficient (Wildman–Crippen LogP) is 3.13. The first-order chi connectivity index (χ1) is 6.65. The Hall–Kier alpha value is -0.0800. The molecule has 1 saturated heterocycles. The SMILES string of the molecule is CCCC(C)C1(O)CC(C)(C)OC1(C)C. The highest BCUT2D eigenvalue weighted by molar-refractivity contribution is 5.08. The Morgan fingerprint density at radius 1 is 1.27 bits per heavy atom. The zero-order valence-electron chi connectivity index (χ0n) is 11.1. The molecule has 0 spiro atoms. The lowest BCUT2D eigenvalue weighted by Crippen LogP contribution is -2.51. The summed E-state index contributed by atoms with van der Waals surface area (Å²) in [6, 6.07) is 0. The lowest BCUT2D eigenvalue weighted by molar-refractivity contribution is -0.146. The van der Waals surface area contributed by atoms with Crippen molar-refractivity contribution in [2.24, 2.45) is 5.92 Å². The monoisotopic (exact) mass is 214 g/mol. The Bertz CT molecular complexity index is 233. The number of rotatable bonds is 3. The fourth-order valence-corrected chi connectivity index (χ4v) is 3.12. The maximum absolute atomic E-state index is 10.8. The van der Waals surface area contributed by atoms with Gasteiger partial charge < -0.3 is 9.84 Å². The predicted molar refractivity (Wildman–Crippen MR) is 62.9 cm³/mol. The van der Waals surface area contributed by atoms with Crippen molar-refractivity contribution < 1.29 is 9.84 Å². The van der Waals surface area contributed by atoms with E-state index >= 15 is 0 Å². The molecule has 0 radical (unpaired) electrons. The molecule has 2 unspecified atom stereocenters. The lowest BCUT2D eigenvalue weighted by atomic mass is 9.72. The van der Waals surface area contributed by atoms with Crippen molar-refractivity contribution in [1.82, 2.24) is 0 Å². The van der Waals surface area contributed by atoms with Crippen LogP contribution in [0.25, 0.3) is 0 Å². The molecule has 1 rings (SSSR count). The Balaban J connectivity index is 2.92. The van der Waals surface area contributed by atoms with Gasteiger partial charge in [-0.2, -0.15) is 0 Å². The van der Waals surface area contributed by atoms with E-state index in [1.54, 1.807) is 0 Å². The molecule has 1 heterocycles. The number of ether oxygens (including phenoxy) is 1. The van der Waals surface area contributed by atoms with E-state index in [9.17, 15) is 5.11 Å². The first kappa shape index (κ1) is 13.0. The van der Waals surface area contributed by atoms with Crippen LogP contribution in [0.15, 0.2) is 0 Å². The van der Waals surface area contributed by atoms with Crippen LogP contribution in [0, 0.1) is 5.92 Å². The molecule has 0 amide bonds. The largest absolute Gasteiger partial charge is 0.387 e. The third-order valence-corrected chi connectivity index (χ3v) is 3.81. The summed E-state index contributed by atoms with van der Waals surface area (Å²) in [6.45, 7) is 12.4. The summed E-state index contributed by atoms with van der Waals surface area (Å²) in [4.78, 5) is 0. The standard InChI is InChI=1S/C13H26O2/c1-7-8-10(2)13(14)9-11(3,4)15-12(13,5)6/h10,14H,7-9H2,1-6H3. The van der Waals surface area contributed by atoms with Gasteiger partial charge in [0.25, 0.3) is 0 Å². The van der Waals surface area contributed by atoms with Gasteiger partial charge in [0, 0.05) is 6.42 Å². The normalized spacial score (nSPS) is 35.4. The average molecular weight is 214 g/mol. The molecule has 1 fully saturated rings. The maximum Gasteiger partial charge on any atom is 0.0983 e. The van der Waals surface area contributed by atoms with Gasteiger partial charge >= 0.3 is 0 Å². The Kier molecular flexibility index (Phi) is 3.24. The molecule has 1 aliphatic heterocycles. The molecule has 2 nitrogen and oxygen atoms in total. The van der Waals surface area contributed by atoms with E-state index in [0.717, 1.165) is 19.3 Å². The second-order valence-electron chi connectivity index (χ2n) is 6.16. The van der Waals surface area contributed by atoms with E-state index in [1.807, 2.05) is 13.8 Å². The fraction of sp³-hybridized carbons (Fsp3) is 1.00. The van der Waals surface area contributed by atoms with Crippen LogP contribution in [-0.2, 0) is 4.74 Å². The number of hydrogen-bond donors (Lipinski definition) is 1. The molecular formula is C13H26O2. The van der Waals surface area contributed by atoms with Gasteiger partial charge in [-0.15, -0.1) is 0 Å². The molecule has 1 aliphatic rings. The lowest BCUT2D eigenvalue weighted by Gasteiger charge is -2.39. The van der Waals surface area contributed by atoms with Crippen molar-refractivity contribution in [1.29, 1.82) is 0 Å². The van der Waals surface area contributed by atoms with Crippen LogP contribution in [0.4, 0.5) is 0 Å². The van der Waals surface area contributed by atoms with Crippen LogP contribution in [0.5, 0.6) is 0 Å². The van der Waals surface area contributed by atoms with Crippen LogP contribution >= 0.6 is 0 Å². The molecule has 1 N–H and O–H groups in total. The summed E-state index contributed by atoms with van der Waals surface area (Å²) in [7, 11) is 0. The van der Waals surface area contributed by atoms with Gasteiger partial charge in [-0.3, -0.25) is 0 Å². The third kappa shape index (κ3) is 2.21. The summed E-state index contributed by atoms with van der Waals surface area (Å²) in [5.41, 5.74) is -1.34. The Labute approximate surface area is 94.0 Å². The molecule has 0 aliphatic carbocycles. The van der Waals surface area contributed by atoms with E-state index < -0.39 is 11.2 Å². The van der Waals surface area contributed by atoms with Crippen molar-refractivity contribution in [3.05, 3.63) is 0 Å². The summed E-state index contributed by atoms with van der Waals surface area (Å²) in [6.07, 6.45) is 2.90. The summed E-state index contributed by atoms with van der Waals surface area (Å²) >= 11 is 0. The zero-order chi connectivity index (χ0) is 11.9. The zero-order valence-corrected chi connectivity index (χ0v) is 11.1. The van der Waals surface area contributed by atoms with Crippen molar-refractivity contribution in [3.8, 4) is 0 Å². The molecule has 2 heteroatoms. The molecule has 15 heavy (non-hydrogen) atoms. The average Bonchev–Trinajstić information content (AvgIpc) is 2.17. The second-order valence-corrected chi connectivity index (χ2v) is 6.16. The highest BCUT2D eigenvalue weighted by atomic mass is 16.5. The third-order valence-electron chi connectivity index (χ3n) is 3.81. The van der Waals surface area contributed by atoms with Crippen LogP contribution in [0.3, 0.4) is 0 Å². The van der Waals surface area contributed by atoms with Crippen molar-refractivity contribution in [2.45, 2.75) is 77.6 Å². The summed E-state index contributed by atoms with van der Waals surface area (Å²) in [5, 5.41) is 10.8. The smallest absolute Gasteiger partial charge is 0.0983 e. The number of hydrogen-bond acceptors (Lipinski definition) is 2. The molecule has 0 bridgehead atoms. The van der Waals surface area contributed by atoms with Gasteiger partial charge in [-0.25, -0.2) is 0 Å². The topological polar surface area (TPSA) is 29.5 Å². The molecule has 0 saturated carbocycles. The van der Waals surface area contributed by atoms with Crippen LogP contribution < -0.4 is 0 Å². The highest BCUT2D eigenvalue weighted by Gasteiger charge is 2.58. The van der Waals surface area contributed by atoms with E-state index in [4.69, 9.17) is 4.74 Å². The molecule has 0 aromatic heterocycles. The van der Waals surface area contributed by atoms with Gasteiger partial charge in [0.2, 0.25) is 0 Å². The molecule has 0 aromatic rings. The van der Waals surface area contributed by atoms with E-state index in [-0.39, 0.29) is 5.60 Å². The van der Waals surface area contributed by atoms with Gasteiger partial charge in [0.05, 0.1) is 16.8 Å². The van der Waals surface area contributed by atoms with Gasteiger partial charge in [0.15, 0.2) is 0 Å². The minimum absolute atomic E-state index is 0.208. The second kappa shape index (κ2) is 3.74. The highest BCUT2D eigenvalue weighted by Crippen LogP contribution is 2.49. The Morgan fingerprint density at radius 3 is 2.13 bits per heavy atom. The molecule has 90 valence electrons. The summed E-state index contributed by atoms with van der Waals surface area (Å²) < 4.78 is 5.97. The molecule has 0 aromatic carbocycles. The molecule has 2 atom stereocenters. The first-order valence-electron chi connectivity index (χ1n) is 6.07. The van der Waals surface area contributed by atoms with Crippen LogP contribution in [0.2, 0.25) is 0 Å². The van der Waals surface area contributed by atoms with Gasteiger partial charge in [-0.05, 0) is 40.0 Å². The maximum atomic E-state index is 10.8. The minimum atomic E-state index is -0.688. The first-order valence-corrected chi connectivity index (χ1v) is 6.07. The fourth-order valence-electron chi connectivity index (χ4n) is 3.12. The van der Waals surface area contributed by atoms with Crippen molar-refractivity contribution in [3.63, 3.8) is 0 Å². The quantitative estimate of drug-likeness (QED) is 0.782. The van der Waals surface area contributed by atoms with E-state index in [1.165, 1.54) is 0 Å². The summed E-state index contributed by atoms with van der Waals surface area (Å²) in [5.74, 6) is 0.291. The number of aliphatic hydroxyl groups is 1. The van der Waals surface area contributed by atoms with Crippen molar-refractivity contribution in [2.75, 3.05) is 0 Å². The molecular weight excluding hydrogens is 188 g/mol. The van der Waals surface area contributed by atoms with Crippen LogP contribution in [0.1, 0.15) is 60.8 Å². The minimum Gasteiger partial charge on any atom is -0.387 e.